The normalized spacial score (nSPS) is 10.1. The van der Waals surface area contributed by atoms with Gasteiger partial charge in [0.15, 0.2) is 5.69 Å². The van der Waals surface area contributed by atoms with Crippen molar-refractivity contribution in [2.45, 2.75) is 19.8 Å². The predicted octanol–water partition coefficient (Wildman–Crippen LogP) is 2.75. The lowest BCUT2D eigenvalue weighted by atomic mass is 10.2. The fourth-order valence-corrected chi connectivity index (χ4v) is 1.95. The molecule has 0 aliphatic carbocycles. The van der Waals surface area contributed by atoms with Gasteiger partial charge in [-0.2, -0.15) is 8.75 Å². The molecule has 110 valence electrons. The van der Waals surface area contributed by atoms with Crippen molar-refractivity contribution in [1.29, 1.82) is 0 Å². The average Bonchev–Trinajstić information content (AvgIpc) is 3.02. The first-order valence-electron chi connectivity index (χ1n) is 6.57. The van der Waals surface area contributed by atoms with Crippen molar-refractivity contribution in [3.63, 3.8) is 0 Å². The highest BCUT2D eigenvalue weighted by molar-refractivity contribution is 6.99. The van der Waals surface area contributed by atoms with Crippen molar-refractivity contribution < 1.29 is 14.3 Å². The zero-order chi connectivity index (χ0) is 15.1. The second-order valence-corrected chi connectivity index (χ2v) is 4.87. The Hall–Kier alpha value is -2.28. The Bertz CT molecular complexity index is 596. The number of ether oxygens (including phenoxy) is 1. The third kappa shape index (κ3) is 4.35. The molecule has 0 saturated heterocycles. The summed E-state index contributed by atoms with van der Waals surface area (Å²) in [6.07, 6.45) is 3.23. The molecule has 2 aromatic rings. The van der Waals surface area contributed by atoms with E-state index in [-0.39, 0.29) is 17.6 Å². The van der Waals surface area contributed by atoms with Crippen LogP contribution < -0.4 is 5.32 Å². The van der Waals surface area contributed by atoms with Gasteiger partial charge in [-0.1, -0.05) is 13.3 Å². The maximum Gasteiger partial charge on any atom is 0.338 e. The van der Waals surface area contributed by atoms with E-state index in [4.69, 9.17) is 4.74 Å². The van der Waals surface area contributed by atoms with Gasteiger partial charge >= 0.3 is 5.97 Å². The van der Waals surface area contributed by atoms with E-state index in [9.17, 15) is 9.59 Å². The van der Waals surface area contributed by atoms with Gasteiger partial charge in [0.25, 0.3) is 5.91 Å². The zero-order valence-electron chi connectivity index (χ0n) is 11.5. The van der Waals surface area contributed by atoms with E-state index in [1.807, 2.05) is 6.92 Å². The maximum atomic E-state index is 11.8. The smallest absolute Gasteiger partial charge is 0.338 e. The van der Waals surface area contributed by atoms with Crippen LogP contribution in [0.2, 0.25) is 0 Å². The van der Waals surface area contributed by atoms with E-state index in [0.29, 0.717) is 17.9 Å². The molecule has 7 heteroatoms. The number of rotatable bonds is 6. The quantitative estimate of drug-likeness (QED) is 0.655. The minimum Gasteiger partial charge on any atom is -0.462 e. The van der Waals surface area contributed by atoms with Crippen molar-refractivity contribution >= 4 is 29.3 Å². The number of esters is 1. The van der Waals surface area contributed by atoms with Crippen LogP contribution >= 0.6 is 11.7 Å². The van der Waals surface area contributed by atoms with E-state index >= 15 is 0 Å². The van der Waals surface area contributed by atoms with Gasteiger partial charge in [0, 0.05) is 5.69 Å². The fraction of sp³-hybridized carbons (Fsp3) is 0.286. The summed E-state index contributed by atoms with van der Waals surface area (Å²) < 4.78 is 12.7. The van der Waals surface area contributed by atoms with Gasteiger partial charge in [-0.05, 0) is 30.7 Å². The molecule has 0 aliphatic rings. The third-order valence-corrected chi connectivity index (χ3v) is 3.18. The van der Waals surface area contributed by atoms with Gasteiger partial charge in [0.05, 0.1) is 30.1 Å². The molecular formula is C14H15N3O3S. The highest BCUT2D eigenvalue weighted by atomic mass is 32.1. The van der Waals surface area contributed by atoms with Gasteiger partial charge in [-0.25, -0.2) is 4.79 Å². The molecule has 0 fully saturated rings. The molecule has 1 amide bonds. The van der Waals surface area contributed by atoms with Gasteiger partial charge < -0.3 is 10.1 Å². The first kappa shape index (κ1) is 15.1. The number of carbonyl (C=O) groups is 2. The number of nitrogens with one attached hydrogen (secondary N) is 1. The summed E-state index contributed by atoms with van der Waals surface area (Å²) in [5.41, 5.74) is 1.31. The molecule has 21 heavy (non-hydrogen) atoms. The topological polar surface area (TPSA) is 81.2 Å². The lowest BCUT2D eigenvalue weighted by Gasteiger charge is -2.06. The number of unbranched alkanes of at least 4 members (excludes halogenated alkanes) is 1. The Kier molecular flexibility index (Phi) is 5.39. The molecule has 0 aliphatic heterocycles. The number of anilines is 1. The summed E-state index contributed by atoms with van der Waals surface area (Å²) in [6, 6.07) is 6.52. The Balaban J connectivity index is 1.92. The summed E-state index contributed by atoms with van der Waals surface area (Å²) in [7, 11) is 0. The Morgan fingerprint density at radius 1 is 1.29 bits per heavy atom. The van der Waals surface area contributed by atoms with Crippen LogP contribution in [-0.2, 0) is 4.74 Å². The Morgan fingerprint density at radius 2 is 2.05 bits per heavy atom. The van der Waals surface area contributed by atoms with E-state index in [1.165, 1.54) is 6.20 Å². The van der Waals surface area contributed by atoms with Crippen molar-refractivity contribution in [3.05, 3.63) is 41.7 Å². The zero-order valence-corrected chi connectivity index (χ0v) is 12.4. The standard InChI is InChI=1S/C14H15N3O3S/c1-2-3-8-20-14(19)10-4-6-11(7-5-10)16-13(18)12-9-15-21-17-12/h4-7,9H,2-3,8H2,1H3,(H,16,18). The van der Waals surface area contributed by atoms with Crippen molar-refractivity contribution in [1.82, 2.24) is 8.75 Å². The van der Waals surface area contributed by atoms with Crippen LogP contribution in [-0.4, -0.2) is 27.2 Å². The number of aromatic nitrogens is 2. The highest BCUT2D eigenvalue weighted by Gasteiger charge is 2.10. The number of hydrogen-bond acceptors (Lipinski definition) is 6. The van der Waals surface area contributed by atoms with Crippen LogP contribution in [0.15, 0.2) is 30.5 Å². The molecule has 1 aromatic heterocycles. The fourth-order valence-electron chi connectivity index (χ4n) is 1.54. The molecule has 0 spiro atoms. The lowest BCUT2D eigenvalue weighted by molar-refractivity contribution is 0.0499. The monoisotopic (exact) mass is 305 g/mol. The second-order valence-electron chi connectivity index (χ2n) is 4.31. The average molecular weight is 305 g/mol. The largest absolute Gasteiger partial charge is 0.462 e. The van der Waals surface area contributed by atoms with Crippen LogP contribution in [0.3, 0.4) is 0 Å². The summed E-state index contributed by atoms with van der Waals surface area (Å²) in [6.45, 7) is 2.45. The van der Waals surface area contributed by atoms with Gasteiger partial charge in [0.1, 0.15) is 0 Å². The minimum absolute atomic E-state index is 0.267. The van der Waals surface area contributed by atoms with Crippen molar-refractivity contribution in [2.24, 2.45) is 0 Å². The molecule has 2 rings (SSSR count). The number of amides is 1. The maximum absolute atomic E-state index is 11.8. The number of nitrogens with zero attached hydrogens (tertiary/aromatic N) is 2. The second kappa shape index (κ2) is 7.49. The van der Waals surface area contributed by atoms with Crippen LogP contribution in [0.4, 0.5) is 5.69 Å². The first-order valence-corrected chi connectivity index (χ1v) is 7.30. The molecule has 0 saturated carbocycles. The molecule has 1 N–H and O–H groups in total. The predicted molar refractivity (Wildman–Crippen MR) is 79.5 cm³/mol. The highest BCUT2D eigenvalue weighted by Crippen LogP contribution is 2.12. The van der Waals surface area contributed by atoms with Crippen LogP contribution in [0, 0.1) is 0 Å². The van der Waals surface area contributed by atoms with E-state index in [2.05, 4.69) is 14.1 Å². The van der Waals surface area contributed by atoms with E-state index in [0.717, 1.165) is 24.6 Å². The van der Waals surface area contributed by atoms with Crippen LogP contribution in [0.25, 0.3) is 0 Å². The molecule has 0 bridgehead atoms. The molecular weight excluding hydrogens is 290 g/mol. The molecule has 0 atom stereocenters. The number of benzene rings is 1. The van der Waals surface area contributed by atoms with Crippen molar-refractivity contribution in [3.8, 4) is 0 Å². The van der Waals surface area contributed by atoms with E-state index < -0.39 is 0 Å². The number of hydrogen-bond donors (Lipinski definition) is 1. The van der Waals surface area contributed by atoms with Gasteiger partial charge in [-0.3, -0.25) is 4.79 Å². The molecule has 1 heterocycles. The summed E-state index contributed by atoms with van der Waals surface area (Å²) in [5, 5.41) is 2.68. The molecule has 0 radical (unpaired) electrons. The van der Waals surface area contributed by atoms with Crippen LogP contribution in [0.5, 0.6) is 0 Å². The SMILES string of the molecule is CCCCOC(=O)c1ccc(NC(=O)c2cnsn2)cc1. The molecule has 0 unspecified atom stereocenters. The minimum atomic E-state index is -0.356. The van der Waals surface area contributed by atoms with Gasteiger partial charge in [0.2, 0.25) is 0 Å². The third-order valence-electron chi connectivity index (χ3n) is 2.70. The lowest BCUT2D eigenvalue weighted by Crippen LogP contribution is -2.12. The van der Waals surface area contributed by atoms with Crippen molar-refractivity contribution in [2.75, 3.05) is 11.9 Å². The Morgan fingerprint density at radius 3 is 2.67 bits per heavy atom. The summed E-state index contributed by atoms with van der Waals surface area (Å²) in [5.74, 6) is -0.688. The Labute approximate surface area is 126 Å². The summed E-state index contributed by atoms with van der Waals surface area (Å²) >= 11 is 0.972. The molecule has 6 nitrogen and oxygen atoms in total. The summed E-state index contributed by atoms with van der Waals surface area (Å²) in [4.78, 5) is 23.5. The van der Waals surface area contributed by atoms with E-state index in [1.54, 1.807) is 24.3 Å². The first-order chi connectivity index (χ1) is 10.2. The molecule has 1 aromatic carbocycles. The van der Waals surface area contributed by atoms with Gasteiger partial charge in [-0.15, -0.1) is 0 Å². The number of carbonyl (C=O) groups excluding carboxylic acids is 2. The van der Waals surface area contributed by atoms with Crippen LogP contribution in [0.1, 0.15) is 40.6 Å².